The molecule has 4 aliphatic rings. The second kappa shape index (κ2) is 15.0. The second-order valence-electron chi connectivity index (χ2n) is 11.7. The van der Waals surface area contributed by atoms with Crippen LogP contribution in [-0.4, -0.2) is 104 Å². The van der Waals surface area contributed by atoms with E-state index in [2.05, 4.69) is 20.9 Å². The van der Waals surface area contributed by atoms with E-state index in [1.165, 1.54) is 34.9 Å². The summed E-state index contributed by atoms with van der Waals surface area (Å²) in [6.45, 7) is 6.50. The molecule has 240 valence electrons. The summed E-state index contributed by atoms with van der Waals surface area (Å²) in [6, 6.07) is -2.79. The van der Waals surface area contributed by atoms with Crippen LogP contribution >= 0.6 is 46.6 Å². The number of aromatic nitrogens is 1. The lowest BCUT2D eigenvalue weighted by molar-refractivity contribution is -0.137. The Kier molecular flexibility index (Phi) is 11.3. The fraction of sp³-hybridized carbons (Fsp3) is 0.690. The maximum absolute atomic E-state index is 13.9. The summed E-state index contributed by atoms with van der Waals surface area (Å²) in [4.78, 5) is 70.2. The van der Waals surface area contributed by atoms with Crippen molar-refractivity contribution in [3.05, 3.63) is 16.1 Å². The highest BCUT2D eigenvalue weighted by Gasteiger charge is 2.41. The number of thioether (sulfide) groups is 3. The molecule has 1 fully saturated rings. The van der Waals surface area contributed by atoms with Gasteiger partial charge < -0.3 is 20.9 Å². The van der Waals surface area contributed by atoms with Crippen LogP contribution in [0.3, 0.4) is 0 Å². The number of aliphatic imine (C=N–C) groups is 2. The van der Waals surface area contributed by atoms with Gasteiger partial charge in [0.1, 0.15) is 28.8 Å². The first-order chi connectivity index (χ1) is 21.2. The van der Waals surface area contributed by atoms with Crippen molar-refractivity contribution in [2.45, 2.75) is 89.1 Å². The number of nitrogens with zero attached hydrogens (tertiary/aromatic N) is 4. The maximum Gasteiger partial charge on any atom is 0.271 e. The van der Waals surface area contributed by atoms with Crippen LogP contribution in [0.5, 0.6) is 0 Å². The molecule has 6 atom stereocenters. The van der Waals surface area contributed by atoms with E-state index in [9.17, 15) is 19.2 Å². The third kappa shape index (κ3) is 7.47. The molecule has 15 heteroatoms. The summed E-state index contributed by atoms with van der Waals surface area (Å²) >= 11 is 6.04. The van der Waals surface area contributed by atoms with Gasteiger partial charge in [0.05, 0.1) is 28.2 Å². The molecule has 0 aliphatic carbocycles. The molecule has 5 rings (SSSR count). The van der Waals surface area contributed by atoms with Crippen LogP contribution in [0.15, 0.2) is 15.4 Å². The largest absolute Gasteiger partial charge is 0.345 e. The standard InChI is InChI=1S/C29H41N7O4S4/c1-5-7-16-26-32-18(12-42-26)23(37)31-17(9-11-41-4)27-33-20(13-43-27)25(39)35-22(15(2)3)29(40)36-10-6-8-21(36)28-34-19(14-44-28)24(38)30-16/h12,15-17,19-22H,5-11,13-14H2,1-4H3,(H,30,38)(H,31,37)(H,35,39). The number of amides is 4. The average Bonchev–Trinajstić information content (AvgIpc) is 3.82. The number of fused-ring (bicyclic) bond motifs is 6. The number of hydrogen-bond acceptors (Lipinski definition) is 11. The van der Waals surface area contributed by atoms with E-state index in [0.29, 0.717) is 46.6 Å². The zero-order chi connectivity index (χ0) is 31.4. The minimum Gasteiger partial charge on any atom is -0.345 e. The van der Waals surface area contributed by atoms with Gasteiger partial charge in [0.25, 0.3) is 5.91 Å². The molecule has 4 aliphatic heterocycles. The van der Waals surface area contributed by atoms with Gasteiger partial charge in [0, 0.05) is 23.4 Å². The number of carbonyl (C=O) groups excluding carboxylic acids is 4. The summed E-state index contributed by atoms with van der Waals surface area (Å²) in [7, 11) is 0. The molecule has 0 saturated carbocycles. The minimum atomic E-state index is -0.701. The Morgan fingerprint density at radius 1 is 0.977 bits per heavy atom. The zero-order valence-corrected chi connectivity index (χ0v) is 28.8. The Morgan fingerprint density at radius 2 is 1.68 bits per heavy atom. The lowest BCUT2D eigenvalue weighted by atomic mass is 10.0. The number of thiazole rings is 1. The van der Waals surface area contributed by atoms with Crippen LogP contribution in [0.1, 0.15) is 74.4 Å². The van der Waals surface area contributed by atoms with Gasteiger partial charge in [-0.3, -0.25) is 29.2 Å². The highest BCUT2D eigenvalue weighted by Crippen LogP contribution is 2.31. The lowest BCUT2D eigenvalue weighted by Gasteiger charge is -2.31. The molecule has 11 nitrogen and oxygen atoms in total. The molecular formula is C29H41N7O4S4. The number of rotatable bonds is 6. The summed E-state index contributed by atoms with van der Waals surface area (Å²) < 4.78 is 0. The van der Waals surface area contributed by atoms with Crippen LogP contribution in [0.2, 0.25) is 0 Å². The number of hydrogen-bond donors (Lipinski definition) is 3. The van der Waals surface area contributed by atoms with Crippen molar-refractivity contribution in [3.8, 4) is 0 Å². The van der Waals surface area contributed by atoms with Gasteiger partial charge in [0.2, 0.25) is 17.7 Å². The van der Waals surface area contributed by atoms with Gasteiger partial charge in [0.15, 0.2) is 0 Å². The summed E-state index contributed by atoms with van der Waals surface area (Å²) in [5, 5.41) is 13.2. The van der Waals surface area contributed by atoms with Crippen molar-refractivity contribution >= 4 is 80.3 Å². The lowest BCUT2D eigenvalue weighted by Crippen LogP contribution is -2.55. The average molecular weight is 680 g/mol. The predicted octanol–water partition coefficient (Wildman–Crippen LogP) is 3.13. The highest BCUT2D eigenvalue weighted by molar-refractivity contribution is 8.14. The Labute approximate surface area is 275 Å². The fourth-order valence-corrected chi connectivity index (χ4v) is 9.43. The quantitative estimate of drug-likeness (QED) is 0.416. The molecule has 6 bridgehead atoms. The van der Waals surface area contributed by atoms with Gasteiger partial charge in [-0.25, -0.2) is 4.98 Å². The van der Waals surface area contributed by atoms with Crippen LogP contribution in [0, 0.1) is 5.92 Å². The normalized spacial score (nSPS) is 29.9. The fourth-order valence-electron chi connectivity index (χ4n) is 5.75. The number of carbonyl (C=O) groups is 4. The zero-order valence-electron chi connectivity index (χ0n) is 25.5. The first kappa shape index (κ1) is 33.3. The smallest absolute Gasteiger partial charge is 0.271 e. The van der Waals surface area contributed by atoms with E-state index >= 15 is 0 Å². The molecule has 1 aromatic heterocycles. The van der Waals surface area contributed by atoms with E-state index in [1.54, 1.807) is 17.1 Å². The third-order valence-corrected chi connectivity index (χ3v) is 12.1. The van der Waals surface area contributed by atoms with Crippen LogP contribution in [0.4, 0.5) is 0 Å². The van der Waals surface area contributed by atoms with Crippen molar-refractivity contribution in [2.75, 3.05) is 30.1 Å². The molecular weight excluding hydrogens is 639 g/mol. The first-order valence-electron chi connectivity index (χ1n) is 15.3. The first-order valence-corrected chi connectivity index (χ1v) is 19.5. The highest BCUT2D eigenvalue weighted by atomic mass is 32.2. The van der Waals surface area contributed by atoms with Gasteiger partial charge in [-0.15, -0.1) is 34.9 Å². The van der Waals surface area contributed by atoms with Gasteiger partial charge in [-0.2, -0.15) is 11.8 Å². The second-order valence-corrected chi connectivity index (χ2v) is 15.7. The summed E-state index contributed by atoms with van der Waals surface area (Å²) in [5.41, 5.74) is 0.301. The molecule has 0 spiro atoms. The Bertz CT molecular complexity index is 1320. The Morgan fingerprint density at radius 3 is 2.39 bits per heavy atom. The van der Waals surface area contributed by atoms with Crippen molar-refractivity contribution in [2.24, 2.45) is 15.9 Å². The van der Waals surface area contributed by atoms with E-state index in [4.69, 9.17) is 9.98 Å². The van der Waals surface area contributed by atoms with Crippen LogP contribution < -0.4 is 16.0 Å². The molecule has 1 aromatic rings. The van der Waals surface area contributed by atoms with Crippen molar-refractivity contribution in [3.63, 3.8) is 0 Å². The van der Waals surface area contributed by atoms with E-state index < -0.39 is 18.1 Å². The molecule has 0 aromatic carbocycles. The molecule has 5 heterocycles. The van der Waals surface area contributed by atoms with E-state index in [0.717, 1.165) is 30.1 Å². The SMILES string of the molecule is CCCC1NC(=O)C2CSC(=N2)C2CCCN2C(=O)C(C(C)C)NC(=O)C2CSC(=N2)C(CCSC)NC(=O)c2csc1n2. The third-order valence-electron chi connectivity index (χ3n) is 8.16. The van der Waals surface area contributed by atoms with Crippen molar-refractivity contribution in [1.29, 1.82) is 0 Å². The van der Waals surface area contributed by atoms with Crippen LogP contribution in [0.25, 0.3) is 0 Å². The van der Waals surface area contributed by atoms with Gasteiger partial charge >= 0.3 is 0 Å². The van der Waals surface area contributed by atoms with Gasteiger partial charge in [-0.05, 0) is 43.6 Å². The van der Waals surface area contributed by atoms with Crippen LogP contribution in [-0.2, 0) is 14.4 Å². The Balaban J connectivity index is 1.48. The summed E-state index contributed by atoms with van der Waals surface area (Å²) in [6.07, 6.45) is 5.80. The topological polar surface area (TPSA) is 145 Å². The molecule has 0 radical (unpaired) electrons. The number of nitrogens with one attached hydrogen (secondary N) is 3. The molecule has 4 amide bonds. The monoisotopic (exact) mass is 679 g/mol. The molecule has 3 N–H and O–H groups in total. The van der Waals surface area contributed by atoms with Gasteiger partial charge in [-0.1, -0.05) is 27.2 Å². The predicted molar refractivity (Wildman–Crippen MR) is 181 cm³/mol. The molecule has 1 saturated heterocycles. The van der Waals surface area contributed by atoms with E-state index in [1.807, 2.05) is 31.9 Å². The molecule has 6 unspecified atom stereocenters. The minimum absolute atomic E-state index is 0.125. The molecule has 44 heavy (non-hydrogen) atoms. The van der Waals surface area contributed by atoms with Crippen molar-refractivity contribution in [1.82, 2.24) is 25.8 Å². The Hall–Kier alpha value is -2.10. The van der Waals surface area contributed by atoms with Crippen molar-refractivity contribution < 1.29 is 19.2 Å². The summed E-state index contributed by atoms with van der Waals surface area (Å²) in [5.74, 6) is 0.734. The van der Waals surface area contributed by atoms with E-state index in [-0.39, 0.29) is 47.7 Å². The maximum atomic E-state index is 13.9.